The lowest BCUT2D eigenvalue weighted by atomic mass is 10.1. The van der Waals surface area contributed by atoms with Crippen molar-refractivity contribution in [2.75, 3.05) is 39.4 Å². The molecule has 2 heterocycles. The fraction of sp³-hybridized carbons (Fsp3) is 0.409. The van der Waals surface area contributed by atoms with Crippen LogP contribution in [0.3, 0.4) is 0 Å². The van der Waals surface area contributed by atoms with E-state index in [9.17, 15) is 13.2 Å². The van der Waals surface area contributed by atoms with E-state index in [-0.39, 0.29) is 23.9 Å². The Bertz CT molecular complexity index is 1090. The summed E-state index contributed by atoms with van der Waals surface area (Å²) < 4.78 is 38.6. The molecule has 1 saturated heterocycles. The van der Waals surface area contributed by atoms with Crippen LogP contribution in [0.4, 0.5) is 0 Å². The normalized spacial score (nSPS) is 18.9. The van der Waals surface area contributed by atoms with Crippen LogP contribution in [0.15, 0.2) is 41.3 Å². The van der Waals surface area contributed by atoms with Gasteiger partial charge in [0.2, 0.25) is 10.0 Å². The number of fused-ring (bicyclic) bond motifs is 2. The lowest BCUT2D eigenvalue weighted by Gasteiger charge is -2.34. The van der Waals surface area contributed by atoms with E-state index in [2.05, 4.69) is 6.07 Å². The van der Waals surface area contributed by atoms with Crippen LogP contribution >= 0.6 is 0 Å². The number of hydrogen-bond acceptors (Lipinski definition) is 5. The molecular formula is C22H24N2O5S. The van der Waals surface area contributed by atoms with Gasteiger partial charge in [-0.3, -0.25) is 4.79 Å². The number of aryl methyl sites for hydroxylation is 2. The SMILES string of the molecule is O=C(c1ccc2c(c1)CCC2)N1CCN(S(=O)(=O)c2ccc3c(c2)OCCO3)CC1. The van der Waals surface area contributed by atoms with Crippen molar-refractivity contribution < 1.29 is 22.7 Å². The third-order valence-corrected chi connectivity index (χ3v) is 7.92. The van der Waals surface area contributed by atoms with Crippen LogP contribution in [0.1, 0.15) is 27.9 Å². The number of rotatable bonds is 3. The molecule has 7 nitrogen and oxygen atoms in total. The molecular weight excluding hydrogens is 404 g/mol. The number of carbonyl (C=O) groups is 1. The molecule has 158 valence electrons. The molecule has 0 unspecified atom stereocenters. The zero-order valence-electron chi connectivity index (χ0n) is 16.7. The first-order chi connectivity index (χ1) is 14.5. The van der Waals surface area contributed by atoms with E-state index in [1.807, 2.05) is 12.1 Å². The number of sulfonamides is 1. The van der Waals surface area contributed by atoms with E-state index in [0.29, 0.717) is 43.4 Å². The van der Waals surface area contributed by atoms with E-state index >= 15 is 0 Å². The van der Waals surface area contributed by atoms with Crippen LogP contribution in [0.25, 0.3) is 0 Å². The van der Waals surface area contributed by atoms with E-state index in [1.54, 1.807) is 17.0 Å². The van der Waals surface area contributed by atoms with Crippen molar-refractivity contribution in [2.24, 2.45) is 0 Å². The van der Waals surface area contributed by atoms with Crippen molar-refractivity contribution in [1.29, 1.82) is 0 Å². The monoisotopic (exact) mass is 428 g/mol. The van der Waals surface area contributed by atoms with Crippen LogP contribution in [0, 0.1) is 0 Å². The van der Waals surface area contributed by atoms with Crippen LogP contribution < -0.4 is 9.47 Å². The minimum atomic E-state index is -3.66. The number of carbonyl (C=O) groups excluding carboxylic acids is 1. The zero-order chi connectivity index (χ0) is 20.7. The Labute approximate surface area is 176 Å². The topological polar surface area (TPSA) is 76.2 Å². The first kappa shape index (κ1) is 19.4. The van der Waals surface area contributed by atoms with Gasteiger partial charge in [0.1, 0.15) is 13.2 Å². The molecule has 0 N–H and O–H groups in total. The molecule has 2 aromatic rings. The zero-order valence-corrected chi connectivity index (χ0v) is 17.5. The Morgan fingerprint density at radius 3 is 2.37 bits per heavy atom. The summed E-state index contributed by atoms with van der Waals surface area (Å²) in [4.78, 5) is 14.8. The fourth-order valence-electron chi connectivity index (χ4n) is 4.35. The highest BCUT2D eigenvalue weighted by Gasteiger charge is 2.31. The van der Waals surface area contributed by atoms with Gasteiger partial charge in [0.05, 0.1) is 4.90 Å². The number of ether oxygens (including phenoxy) is 2. The second-order valence-corrected chi connectivity index (χ2v) is 9.78. The molecule has 0 radical (unpaired) electrons. The van der Waals surface area contributed by atoms with E-state index in [1.165, 1.54) is 21.5 Å². The highest BCUT2D eigenvalue weighted by Crippen LogP contribution is 2.33. The standard InChI is InChI=1S/C22H24N2O5S/c25-22(18-5-4-16-2-1-3-17(16)14-18)23-8-10-24(11-9-23)30(26,27)19-6-7-20-21(15-19)29-13-12-28-20/h4-7,14-15H,1-3,8-13H2. The van der Waals surface area contributed by atoms with Gasteiger partial charge < -0.3 is 14.4 Å². The maximum atomic E-state index is 13.1. The molecule has 0 atom stereocenters. The summed E-state index contributed by atoms with van der Waals surface area (Å²) in [5.74, 6) is 0.985. The Morgan fingerprint density at radius 2 is 1.57 bits per heavy atom. The maximum absolute atomic E-state index is 13.1. The van der Waals surface area contributed by atoms with Gasteiger partial charge in [-0.15, -0.1) is 0 Å². The molecule has 0 aromatic heterocycles. The van der Waals surface area contributed by atoms with Gasteiger partial charge in [-0.2, -0.15) is 4.31 Å². The molecule has 1 aliphatic carbocycles. The van der Waals surface area contributed by atoms with Crippen LogP contribution in [-0.2, 0) is 22.9 Å². The summed E-state index contributed by atoms with van der Waals surface area (Å²) in [6.45, 7) is 2.15. The predicted molar refractivity (Wildman–Crippen MR) is 111 cm³/mol. The van der Waals surface area contributed by atoms with Gasteiger partial charge in [-0.1, -0.05) is 6.07 Å². The molecule has 1 amide bonds. The van der Waals surface area contributed by atoms with E-state index in [4.69, 9.17) is 9.47 Å². The summed E-state index contributed by atoms with van der Waals surface area (Å²) in [6.07, 6.45) is 3.25. The summed E-state index contributed by atoms with van der Waals surface area (Å²) in [6, 6.07) is 10.7. The van der Waals surface area contributed by atoms with Crippen molar-refractivity contribution in [1.82, 2.24) is 9.21 Å². The van der Waals surface area contributed by atoms with Gasteiger partial charge in [0.15, 0.2) is 11.5 Å². The van der Waals surface area contributed by atoms with E-state index < -0.39 is 10.0 Å². The minimum Gasteiger partial charge on any atom is -0.486 e. The first-order valence-electron chi connectivity index (χ1n) is 10.3. The van der Waals surface area contributed by atoms with Gasteiger partial charge in [-0.25, -0.2) is 8.42 Å². The minimum absolute atomic E-state index is 0.0268. The van der Waals surface area contributed by atoms with Gasteiger partial charge in [0.25, 0.3) is 5.91 Å². The number of amides is 1. The van der Waals surface area contributed by atoms with Crippen molar-refractivity contribution in [3.05, 3.63) is 53.1 Å². The summed E-state index contributed by atoms with van der Waals surface area (Å²) in [5.41, 5.74) is 3.29. The molecule has 2 aromatic carbocycles. The molecule has 5 rings (SSSR count). The van der Waals surface area contributed by atoms with Gasteiger partial charge in [0, 0.05) is 37.8 Å². The lowest BCUT2D eigenvalue weighted by Crippen LogP contribution is -2.50. The summed E-state index contributed by atoms with van der Waals surface area (Å²) >= 11 is 0. The fourth-order valence-corrected chi connectivity index (χ4v) is 5.79. The summed E-state index contributed by atoms with van der Waals surface area (Å²) in [5, 5.41) is 0. The molecule has 0 bridgehead atoms. The molecule has 30 heavy (non-hydrogen) atoms. The van der Waals surface area contributed by atoms with Crippen molar-refractivity contribution in [3.8, 4) is 11.5 Å². The van der Waals surface area contributed by atoms with Gasteiger partial charge >= 0.3 is 0 Å². The first-order valence-corrected chi connectivity index (χ1v) is 11.8. The number of piperazine rings is 1. The Kier molecular flexibility index (Phi) is 4.91. The number of benzene rings is 2. The smallest absolute Gasteiger partial charge is 0.253 e. The quantitative estimate of drug-likeness (QED) is 0.748. The number of hydrogen-bond donors (Lipinski definition) is 0. The van der Waals surface area contributed by atoms with Crippen LogP contribution in [-0.4, -0.2) is 62.9 Å². The van der Waals surface area contributed by atoms with Crippen molar-refractivity contribution in [3.63, 3.8) is 0 Å². The second-order valence-electron chi connectivity index (χ2n) is 7.84. The third kappa shape index (κ3) is 3.44. The molecule has 3 aliphatic rings. The van der Waals surface area contributed by atoms with Gasteiger partial charge in [-0.05, 0) is 54.7 Å². The summed E-state index contributed by atoms with van der Waals surface area (Å²) in [7, 11) is -3.66. The Hall–Kier alpha value is -2.58. The highest BCUT2D eigenvalue weighted by molar-refractivity contribution is 7.89. The lowest BCUT2D eigenvalue weighted by molar-refractivity contribution is 0.0698. The molecule has 0 saturated carbocycles. The average Bonchev–Trinajstić information content (AvgIpc) is 3.26. The van der Waals surface area contributed by atoms with Crippen molar-refractivity contribution in [2.45, 2.75) is 24.2 Å². The molecule has 2 aliphatic heterocycles. The maximum Gasteiger partial charge on any atom is 0.253 e. The van der Waals surface area contributed by atoms with Crippen LogP contribution in [0.5, 0.6) is 11.5 Å². The largest absolute Gasteiger partial charge is 0.486 e. The predicted octanol–water partition coefficient (Wildman–Crippen LogP) is 2.09. The number of nitrogens with zero attached hydrogens (tertiary/aromatic N) is 2. The Morgan fingerprint density at radius 1 is 0.833 bits per heavy atom. The second kappa shape index (κ2) is 7.59. The average molecular weight is 429 g/mol. The van der Waals surface area contributed by atoms with E-state index in [0.717, 1.165) is 19.3 Å². The third-order valence-electron chi connectivity index (χ3n) is 6.02. The molecule has 8 heteroatoms. The van der Waals surface area contributed by atoms with Crippen LogP contribution in [0.2, 0.25) is 0 Å². The Balaban J connectivity index is 1.28. The highest BCUT2D eigenvalue weighted by atomic mass is 32.2. The molecule has 1 fully saturated rings. The van der Waals surface area contributed by atoms with Crippen molar-refractivity contribution >= 4 is 15.9 Å². The molecule has 0 spiro atoms.